The number of ketones is 1. The van der Waals surface area contributed by atoms with Crippen LogP contribution in [0.4, 0.5) is 0 Å². The van der Waals surface area contributed by atoms with E-state index in [-0.39, 0.29) is 22.7 Å². The summed E-state index contributed by atoms with van der Waals surface area (Å²) in [5.41, 5.74) is 0.271. The number of hydrogen-bond donors (Lipinski definition) is 1. The third kappa shape index (κ3) is 4.23. The highest BCUT2D eigenvalue weighted by Gasteiger charge is 2.35. The first-order chi connectivity index (χ1) is 6.10. The van der Waals surface area contributed by atoms with Crippen LogP contribution in [0.25, 0.3) is 0 Å². The summed E-state index contributed by atoms with van der Waals surface area (Å²) in [6.45, 7) is 12.6. The van der Waals surface area contributed by atoms with E-state index < -0.39 is 0 Å². The Balaban J connectivity index is 4.65. The van der Waals surface area contributed by atoms with E-state index >= 15 is 0 Å². The van der Waals surface area contributed by atoms with Crippen molar-refractivity contribution in [3.63, 3.8) is 0 Å². The van der Waals surface area contributed by atoms with E-state index in [4.69, 9.17) is 0 Å². The molecule has 14 heavy (non-hydrogen) atoms. The van der Waals surface area contributed by atoms with Crippen LogP contribution in [0.5, 0.6) is 0 Å². The number of rotatable bonds is 4. The van der Waals surface area contributed by atoms with E-state index in [2.05, 4.69) is 39.9 Å². The van der Waals surface area contributed by atoms with Crippen molar-refractivity contribution in [2.24, 2.45) is 10.8 Å². The van der Waals surface area contributed by atoms with Gasteiger partial charge in [-0.1, -0.05) is 34.6 Å². The van der Waals surface area contributed by atoms with Gasteiger partial charge in [0.1, 0.15) is 5.78 Å². The predicted molar refractivity (Wildman–Crippen MR) is 61.4 cm³/mol. The van der Waals surface area contributed by atoms with Gasteiger partial charge in [-0.2, -0.15) is 0 Å². The lowest BCUT2D eigenvalue weighted by atomic mass is 9.71. The molecule has 1 N–H and O–H groups in total. The van der Waals surface area contributed by atoms with Gasteiger partial charge in [0.05, 0.1) is 6.04 Å². The molecule has 1 unspecified atom stereocenters. The van der Waals surface area contributed by atoms with Crippen molar-refractivity contribution in [1.29, 1.82) is 0 Å². The molecule has 0 saturated heterocycles. The Hall–Kier alpha value is -0.370. The van der Waals surface area contributed by atoms with Gasteiger partial charge in [-0.25, -0.2) is 0 Å². The molecule has 0 aromatic carbocycles. The van der Waals surface area contributed by atoms with Crippen molar-refractivity contribution in [3.8, 4) is 0 Å². The zero-order valence-electron chi connectivity index (χ0n) is 10.7. The van der Waals surface area contributed by atoms with Crippen LogP contribution in [0.1, 0.15) is 48.0 Å². The molecular weight excluding hydrogens is 174 g/mol. The summed E-state index contributed by atoms with van der Waals surface area (Å²) in [6, 6.07) is -0.0401. The van der Waals surface area contributed by atoms with Crippen molar-refractivity contribution < 1.29 is 4.79 Å². The third-order valence-corrected chi connectivity index (χ3v) is 2.46. The zero-order chi connectivity index (χ0) is 11.6. The smallest absolute Gasteiger partial charge is 0.147 e. The molecule has 0 rings (SSSR count). The van der Waals surface area contributed by atoms with Crippen LogP contribution < -0.4 is 5.32 Å². The molecule has 0 spiro atoms. The monoisotopic (exact) mass is 199 g/mol. The van der Waals surface area contributed by atoms with Crippen LogP contribution in [0.15, 0.2) is 0 Å². The van der Waals surface area contributed by atoms with E-state index in [1.165, 1.54) is 0 Å². The molecule has 0 aliphatic carbocycles. The summed E-state index contributed by atoms with van der Waals surface area (Å²) in [5, 5.41) is 3.11. The number of likely N-dealkylation sites (N-methyl/N-ethyl adjacent to an activating group) is 1. The van der Waals surface area contributed by atoms with Gasteiger partial charge in [0.2, 0.25) is 0 Å². The second-order valence-electron chi connectivity index (χ2n) is 6.06. The lowest BCUT2D eigenvalue weighted by Gasteiger charge is -2.37. The average Bonchev–Trinajstić information content (AvgIpc) is 1.79. The van der Waals surface area contributed by atoms with Crippen LogP contribution in [-0.4, -0.2) is 18.9 Å². The summed E-state index contributed by atoms with van der Waals surface area (Å²) in [7, 11) is 1.86. The van der Waals surface area contributed by atoms with Gasteiger partial charge in [0.25, 0.3) is 0 Å². The number of Topliss-reactive ketones (excluding diaryl/α,β-unsaturated/α-hetero) is 1. The fraction of sp³-hybridized carbons (Fsp3) is 0.917. The Bertz CT molecular complexity index is 201. The van der Waals surface area contributed by atoms with Crippen LogP contribution >= 0.6 is 0 Å². The summed E-state index contributed by atoms with van der Waals surface area (Å²) < 4.78 is 0. The van der Waals surface area contributed by atoms with Gasteiger partial charge in [-0.15, -0.1) is 0 Å². The Labute approximate surface area is 88.5 Å². The van der Waals surface area contributed by atoms with E-state index in [9.17, 15) is 4.79 Å². The van der Waals surface area contributed by atoms with Gasteiger partial charge in [-0.05, 0) is 31.2 Å². The lowest BCUT2D eigenvalue weighted by Crippen LogP contribution is -2.46. The molecule has 0 radical (unpaired) electrons. The second-order valence-corrected chi connectivity index (χ2v) is 6.06. The molecule has 0 heterocycles. The molecule has 0 fully saturated rings. The maximum Gasteiger partial charge on any atom is 0.147 e. The average molecular weight is 199 g/mol. The highest BCUT2D eigenvalue weighted by atomic mass is 16.1. The Morgan fingerprint density at radius 2 is 1.64 bits per heavy atom. The molecule has 0 bridgehead atoms. The summed E-state index contributed by atoms with van der Waals surface area (Å²) in [5.74, 6) is 0.224. The van der Waals surface area contributed by atoms with Gasteiger partial charge < -0.3 is 5.32 Å². The van der Waals surface area contributed by atoms with Crippen molar-refractivity contribution >= 4 is 5.78 Å². The van der Waals surface area contributed by atoms with Gasteiger partial charge >= 0.3 is 0 Å². The fourth-order valence-electron chi connectivity index (χ4n) is 2.61. The maximum atomic E-state index is 11.4. The topological polar surface area (TPSA) is 29.1 Å². The first-order valence-corrected chi connectivity index (χ1v) is 5.28. The molecule has 0 aromatic rings. The molecule has 84 valence electrons. The molecule has 0 aromatic heterocycles. The minimum Gasteiger partial charge on any atom is -0.310 e. The Morgan fingerprint density at radius 1 is 1.21 bits per heavy atom. The van der Waals surface area contributed by atoms with E-state index in [0.717, 1.165) is 6.42 Å². The van der Waals surface area contributed by atoms with Gasteiger partial charge in [0.15, 0.2) is 0 Å². The number of hydrogen-bond acceptors (Lipinski definition) is 2. The molecule has 0 aliphatic rings. The Morgan fingerprint density at radius 3 is 1.86 bits per heavy atom. The van der Waals surface area contributed by atoms with Gasteiger partial charge in [-0.3, -0.25) is 4.79 Å². The second kappa shape index (κ2) is 4.43. The first kappa shape index (κ1) is 13.6. The minimum absolute atomic E-state index is 0.0127. The molecule has 2 heteroatoms. The molecule has 2 nitrogen and oxygen atoms in total. The fourth-order valence-corrected chi connectivity index (χ4v) is 2.61. The zero-order valence-corrected chi connectivity index (χ0v) is 10.7. The first-order valence-electron chi connectivity index (χ1n) is 5.28. The summed E-state index contributed by atoms with van der Waals surface area (Å²) in [4.78, 5) is 11.4. The Kier molecular flexibility index (Phi) is 4.32. The van der Waals surface area contributed by atoms with Crippen molar-refractivity contribution in [2.45, 2.75) is 54.0 Å². The minimum atomic E-state index is -0.0401. The maximum absolute atomic E-state index is 11.4. The summed E-state index contributed by atoms with van der Waals surface area (Å²) in [6.07, 6.45) is 1.03. The largest absolute Gasteiger partial charge is 0.310 e. The SMILES string of the molecule is CNC(C(C)=O)C(C)(C)CC(C)(C)C. The van der Waals surface area contributed by atoms with Crippen LogP contribution in [0.3, 0.4) is 0 Å². The number of carbonyl (C=O) groups is 1. The van der Waals surface area contributed by atoms with Crippen LogP contribution in [-0.2, 0) is 4.79 Å². The third-order valence-electron chi connectivity index (χ3n) is 2.46. The van der Waals surface area contributed by atoms with Crippen molar-refractivity contribution in [2.75, 3.05) is 7.05 Å². The standard InChI is InChI=1S/C12H25NO/c1-9(14)10(13-7)12(5,6)8-11(2,3)4/h10,13H,8H2,1-7H3. The van der Waals surface area contributed by atoms with Crippen molar-refractivity contribution in [1.82, 2.24) is 5.32 Å². The normalized spacial score (nSPS) is 15.4. The van der Waals surface area contributed by atoms with E-state index in [1.54, 1.807) is 6.92 Å². The van der Waals surface area contributed by atoms with Crippen LogP contribution in [0.2, 0.25) is 0 Å². The lowest BCUT2D eigenvalue weighted by molar-refractivity contribution is -0.121. The van der Waals surface area contributed by atoms with Crippen molar-refractivity contribution in [3.05, 3.63) is 0 Å². The van der Waals surface area contributed by atoms with Crippen LogP contribution in [0, 0.1) is 10.8 Å². The molecular formula is C12H25NO. The molecule has 1 atom stereocenters. The highest BCUT2D eigenvalue weighted by molar-refractivity contribution is 5.82. The molecule has 0 saturated carbocycles. The molecule has 0 amide bonds. The van der Waals surface area contributed by atoms with E-state index in [0.29, 0.717) is 0 Å². The van der Waals surface area contributed by atoms with E-state index in [1.807, 2.05) is 7.05 Å². The molecule has 0 aliphatic heterocycles. The number of carbonyl (C=O) groups excluding carboxylic acids is 1. The van der Waals surface area contributed by atoms with Gasteiger partial charge in [0, 0.05) is 0 Å². The number of nitrogens with one attached hydrogen (secondary N) is 1. The summed E-state index contributed by atoms with van der Waals surface area (Å²) >= 11 is 0. The quantitative estimate of drug-likeness (QED) is 0.754. The predicted octanol–water partition coefficient (Wildman–Crippen LogP) is 2.63. The highest BCUT2D eigenvalue weighted by Crippen LogP contribution is 2.35.